The first-order chi connectivity index (χ1) is 9.54. The molecule has 5 heteroatoms. The van der Waals surface area contributed by atoms with Crippen molar-refractivity contribution < 1.29 is 14.7 Å². The number of halogens is 1. The molecule has 1 aliphatic rings. The summed E-state index contributed by atoms with van der Waals surface area (Å²) in [7, 11) is 0. The number of aliphatic carboxylic acids is 1. The second kappa shape index (κ2) is 6.27. The highest BCUT2D eigenvalue weighted by Gasteiger charge is 2.46. The lowest BCUT2D eigenvalue weighted by atomic mass is 10.1. The molecule has 1 aromatic carbocycles. The molecule has 4 nitrogen and oxygen atoms in total. The summed E-state index contributed by atoms with van der Waals surface area (Å²) in [5, 5.41) is 9.40. The molecule has 2 rings (SSSR count). The predicted molar refractivity (Wildman–Crippen MR) is 76.8 cm³/mol. The second-order valence-electron chi connectivity index (χ2n) is 5.03. The lowest BCUT2D eigenvalue weighted by molar-refractivity contribution is -0.138. The van der Waals surface area contributed by atoms with Crippen molar-refractivity contribution in [2.45, 2.75) is 25.7 Å². The minimum Gasteiger partial charge on any atom is -0.481 e. The third-order valence-corrected chi connectivity index (χ3v) is 4.05. The number of carbonyl (C=O) groups excluding carboxylic acids is 1. The number of rotatable bonds is 6. The van der Waals surface area contributed by atoms with Crippen molar-refractivity contribution in [1.29, 1.82) is 0 Å². The first kappa shape index (κ1) is 14.9. The Morgan fingerprint density at radius 2 is 2.10 bits per heavy atom. The van der Waals surface area contributed by atoms with Crippen molar-refractivity contribution in [2.75, 3.05) is 13.1 Å². The van der Waals surface area contributed by atoms with Gasteiger partial charge in [0.15, 0.2) is 0 Å². The zero-order valence-corrected chi connectivity index (χ0v) is 12.1. The highest BCUT2D eigenvalue weighted by molar-refractivity contribution is 6.31. The van der Waals surface area contributed by atoms with Crippen LogP contribution in [0.2, 0.25) is 5.02 Å². The Morgan fingerprint density at radius 1 is 1.40 bits per heavy atom. The van der Waals surface area contributed by atoms with Gasteiger partial charge in [-0.15, -0.1) is 0 Å². The largest absolute Gasteiger partial charge is 0.481 e. The molecule has 1 saturated carbocycles. The molecule has 0 aromatic heterocycles. The summed E-state index contributed by atoms with van der Waals surface area (Å²) >= 11 is 6.14. The molecule has 1 amide bonds. The zero-order valence-electron chi connectivity index (χ0n) is 11.4. The maximum absolute atomic E-state index is 12.3. The molecule has 0 spiro atoms. The third-order valence-electron chi connectivity index (χ3n) is 3.70. The van der Waals surface area contributed by atoms with Crippen molar-refractivity contribution in [1.82, 2.24) is 4.90 Å². The molecule has 2 atom stereocenters. The van der Waals surface area contributed by atoms with Crippen LogP contribution in [0.4, 0.5) is 0 Å². The molecule has 1 aromatic rings. The lowest BCUT2D eigenvalue weighted by Gasteiger charge is -2.20. The Kier molecular flexibility index (Phi) is 4.65. The fraction of sp³-hybridized carbons (Fsp3) is 0.467. The normalized spacial score (nSPS) is 20.5. The van der Waals surface area contributed by atoms with Crippen molar-refractivity contribution >= 4 is 23.5 Å². The highest BCUT2D eigenvalue weighted by Crippen LogP contribution is 2.50. The van der Waals surface area contributed by atoms with Gasteiger partial charge in [0.05, 0.1) is 6.42 Å². The number of amides is 1. The molecule has 0 unspecified atom stereocenters. The number of carboxylic acid groups (broad SMARTS) is 1. The van der Waals surface area contributed by atoms with E-state index in [1.807, 2.05) is 31.2 Å². The molecule has 108 valence electrons. The molecule has 1 fully saturated rings. The Morgan fingerprint density at radius 3 is 2.70 bits per heavy atom. The standard InChI is InChI=1S/C15H18ClNO3/c1-2-17(8-7-14(18)19)15(20)12-9-11(12)10-5-3-4-6-13(10)16/h3-6,11-12H,2,7-9H2,1H3,(H,18,19)/t11-,12+/m1/s1. The van der Waals surface area contributed by atoms with Gasteiger partial charge in [-0.2, -0.15) is 0 Å². The van der Waals surface area contributed by atoms with Gasteiger partial charge in [0.2, 0.25) is 5.91 Å². The van der Waals surface area contributed by atoms with Gasteiger partial charge in [0.1, 0.15) is 0 Å². The minimum atomic E-state index is -0.880. The van der Waals surface area contributed by atoms with E-state index < -0.39 is 5.97 Å². The van der Waals surface area contributed by atoms with Gasteiger partial charge in [0, 0.05) is 24.0 Å². The summed E-state index contributed by atoms with van der Waals surface area (Å²) < 4.78 is 0. The van der Waals surface area contributed by atoms with Crippen LogP contribution in [0.25, 0.3) is 0 Å². The third kappa shape index (κ3) is 3.31. The van der Waals surface area contributed by atoms with Crippen LogP contribution in [0.15, 0.2) is 24.3 Å². The van der Waals surface area contributed by atoms with Gasteiger partial charge in [-0.1, -0.05) is 29.8 Å². The number of hydrogen-bond donors (Lipinski definition) is 1. The maximum atomic E-state index is 12.3. The van der Waals surface area contributed by atoms with Crippen molar-refractivity contribution in [3.63, 3.8) is 0 Å². The van der Waals surface area contributed by atoms with Crippen LogP contribution in [0, 0.1) is 5.92 Å². The number of hydrogen-bond acceptors (Lipinski definition) is 2. The summed E-state index contributed by atoms with van der Waals surface area (Å²) in [4.78, 5) is 24.6. The topological polar surface area (TPSA) is 57.6 Å². The predicted octanol–water partition coefficient (Wildman–Crippen LogP) is 2.77. The number of benzene rings is 1. The van der Waals surface area contributed by atoms with Crippen LogP contribution in [0.1, 0.15) is 31.2 Å². The van der Waals surface area contributed by atoms with Gasteiger partial charge in [-0.25, -0.2) is 0 Å². The molecule has 20 heavy (non-hydrogen) atoms. The fourth-order valence-corrected chi connectivity index (χ4v) is 2.75. The van der Waals surface area contributed by atoms with E-state index in [1.54, 1.807) is 4.90 Å². The average Bonchev–Trinajstić information content (AvgIpc) is 3.19. The summed E-state index contributed by atoms with van der Waals surface area (Å²) in [5.41, 5.74) is 1.02. The quantitative estimate of drug-likeness (QED) is 0.878. The summed E-state index contributed by atoms with van der Waals surface area (Å²) in [6.45, 7) is 2.68. The minimum absolute atomic E-state index is 0.0109. The van der Waals surface area contributed by atoms with E-state index in [1.165, 1.54) is 0 Å². The van der Waals surface area contributed by atoms with Crippen LogP contribution in [0.3, 0.4) is 0 Å². The zero-order chi connectivity index (χ0) is 14.7. The molecule has 0 heterocycles. The van der Waals surface area contributed by atoms with E-state index >= 15 is 0 Å². The number of carboxylic acids is 1. The Labute approximate surface area is 123 Å². The fourth-order valence-electron chi connectivity index (χ4n) is 2.48. The molecular weight excluding hydrogens is 278 g/mol. The van der Waals surface area contributed by atoms with E-state index in [-0.39, 0.29) is 30.7 Å². The van der Waals surface area contributed by atoms with Gasteiger partial charge in [-0.05, 0) is 30.9 Å². The number of nitrogens with zero attached hydrogens (tertiary/aromatic N) is 1. The second-order valence-corrected chi connectivity index (χ2v) is 5.44. The smallest absolute Gasteiger partial charge is 0.305 e. The molecule has 0 radical (unpaired) electrons. The molecule has 0 bridgehead atoms. The molecule has 1 N–H and O–H groups in total. The van der Waals surface area contributed by atoms with E-state index in [4.69, 9.17) is 16.7 Å². The van der Waals surface area contributed by atoms with Crippen molar-refractivity contribution in [3.05, 3.63) is 34.9 Å². The molecule has 1 aliphatic carbocycles. The van der Waals surface area contributed by atoms with Crippen molar-refractivity contribution in [2.24, 2.45) is 5.92 Å². The monoisotopic (exact) mass is 295 g/mol. The lowest BCUT2D eigenvalue weighted by Crippen LogP contribution is -2.34. The number of carbonyl (C=O) groups is 2. The van der Waals surface area contributed by atoms with E-state index in [9.17, 15) is 9.59 Å². The van der Waals surface area contributed by atoms with Crippen LogP contribution in [0.5, 0.6) is 0 Å². The van der Waals surface area contributed by atoms with Gasteiger partial charge < -0.3 is 10.0 Å². The Balaban J connectivity index is 1.98. The molecule has 0 saturated heterocycles. The van der Waals surface area contributed by atoms with Crippen molar-refractivity contribution in [3.8, 4) is 0 Å². The first-order valence-electron chi connectivity index (χ1n) is 6.79. The van der Waals surface area contributed by atoms with E-state index in [0.717, 1.165) is 12.0 Å². The maximum Gasteiger partial charge on any atom is 0.305 e. The van der Waals surface area contributed by atoms with Gasteiger partial charge >= 0.3 is 5.97 Å². The average molecular weight is 296 g/mol. The van der Waals surface area contributed by atoms with Crippen LogP contribution >= 0.6 is 11.6 Å². The van der Waals surface area contributed by atoms with E-state index in [0.29, 0.717) is 11.6 Å². The molecule has 0 aliphatic heterocycles. The Hall–Kier alpha value is -1.55. The highest BCUT2D eigenvalue weighted by atomic mass is 35.5. The van der Waals surface area contributed by atoms with Crippen LogP contribution < -0.4 is 0 Å². The summed E-state index contributed by atoms with van der Waals surface area (Å²) in [6.07, 6.45) is 0.787. The molecular formula is C15H18ClNO3. The van der Waals surface area contributed by atoms with Gasteiger partial charge in [-0.3, -0.25) is 9.59 Å². The van der Waals surface area contributed by atoms with Gasteiger partial charge in [0.25, 0.3) is 0 Å². The SMILES string of the molecule is CCN(CCC(=O)O)C(=O)[C@H]1C[C@@H]1c1ccccc1Cl. The Bertz CT molecular complexity index is 518. The van der Waals surface area contributed by atoms with E-state index in [2.05, 4.69) is 0 Å². The first-order valence-corrected chi connectivity index (χ1v) is 7.17. The summed E-state index contributed by atoms with van der Waals surface area (Å²) in [5.74, 6) is -0.716. The summed E-state index contributed by atoms with van der Waals surface area (Å²) in [6, 6.07) is 7.58. The van der Waals surface area contributed by atoms with Crippen LogP contribution in [-0.4, -0.2) is 35.0 Å². The van der Waals surface area contributed by atoms with Crippen LogP contribution in [-0.2, 0) is 9.59 Å².